The van der Waals surface area contributed by atoms with Gasteiger partial charge in [0.25, 0.3) is 0 Å². The van der Waals surface area contributed by atoms with Crippen LogP contribution in [0.2, 0.25) is 0 Å². The molecule has 0 aromatic heterocycles. The zero-order chi connectivity index (χ0) is 16.8. The maximum absolute atomic E-state index is 12.3. The molecule has 3 N–H and O–H groups in total. The van der Waals surface area contributed by atoms with Crippen LogP contribution in [-0.4, -0.2) is 32.1 Å². The number of hydrogen-bond donors (Lipinski definition) is 3. The number of sulfonamides is 1. The van der Waals surface area contributed by atoms with Gasteiger partial charge in [-0.3, -0.25) is 0 Å². The molecule has 1 rings (SSSR count). The number of carboxylic acids is 1. The average Bonchev–Trinajstić information content (AvgIpc) is 2.45. The smallest absolute Gasteiger partial charge is 0.335 e. The van der Waals surface area contributed by atoms with Crippen LogP contribution < -0.4 is 10.0 Å². The van der Waals surface area contributed by atoms with Crippen molar-refractivity contribution in [2.45, 2.75) is 37.6 Å². The van der Waals surface area contributed by atoms with Crippen molar-refractivity contribution in [1.29, 1.82) is 0 Å². The summed E-state index contributed by atoms with van der Waals surface area (Å²) in [6.45, 7) is 7.52. The summed E-state index contributed by atoms with van der Waals surface area (Å²) in [4.78, 5) is 11.0. The Kier molecular flexibility index (Phi) is 6.58. The highest BCUT2D eigenvalue weighted by Crippen LogP contribution is 2.24. The van der Waals surface area contributed by atoms with Gasteiger partial charge in [-0.2, -0.15) is 0 Å². The molecular formula is C15H22N2O4S. The van der Waals surface area contributed by atoms with Gasteiger partial charge >= 0.3 is 5.97 Å². The van der Waals surface area contributed by atoms with E-state index in [0.717, 1.165) is 18.9 Å². The monoisotopic (exact) mass is 326 g/mol. The van der Waals surface area contributed by atoms with Crippen molar-refractivity contribution < 1.29 is 18.3 Å². The fraction of sp³-hybridized carbons (Fsp3) is 0.400. The van der Waals surface area contributed by atoms with Crippen molar-refractivity contribution in [2.75, 3.05) is 11.9 Å². The predicted molar refractivity (Wildman–Crippen MR) is 86.8 cm³/mol. The first-order valence-electron chi connectivity index (χ1n) is 7.06. The second-order valence-electron chi connectivity index (χ2n) is 4.99. The fourth-order valence-electron chi connectivity index (χ4n) is 2.01. The second kappa shape index (κ2) is 7.95. The number of hydrogen-bond acceptors (Lipinski definition) is 4. The van der Waals surface area contributed by atoms with Crippen LogP contribution in [0, 0.1) is 0 Å². The summed E-state index contributed by atoms with van der Waals surface area (Å²) >= 11 is 0. The van der Waals surface area contributed by atoms with Crippen molar-refractivity contribution in [3.8, 4) is 0 Å². The van der Waals surface area contributed by atoms with E-state index in [0.29, 0.717) is 5.69 Å². The third kappa shape index (κ3) is 4.85. The Bertz CT molecular complexity index is 641. The first kappa shape index (κ1) is 18.2. The number of benzene rings is 1. The maximum atomic E-state index is 12.3. The van der Waals surface area contributed by atoms with Crippen molar-refractivity contribution in [1.82, 2.24) is 4.72 Å². The molecule has 22 heavy (non-hydrogen) atoms. The molecule has 0 fully saturated rings. The standard InChI is InChI=1S/C15H22N2O4S/c1-4-6-11(3)17-13-8-7-12(15(18)19)10-14(13)22(20,21)16-9-5-2/h5,7-8,10-11,16-17H,2,4,6,9H2,1,3H3,(H,18,19)/t11-/m1/s1. The first-order chi connectivity index (χ1) is 10.3. The lowest BCUT2D eigenvalue weighted by atomic mass is 10.1. The van der Waals surface area contributed by atoms with Crippen molar-refractivity contribution in [3.63, 3.8) is 0 Å². The fourth-order valence-corrected chi connectivity index (χ4v) is 3.21. The van der Waals surface area contributed by atoms with E-state index in [-0.39, 0.29) is 23.0 Å². The zero-order valence-corrected chi connectivity index (χ0v) is 13.6. The van der Waals surface area contributed by atoms with E-state index in [4.69, 9.17) is 5.11 Å². The molecule has 1 atom stereocenters. The Morgan fingerprint density at radius 1 is 1.45 bits per heavy atom. The van der Waals surface area contributed by atoms with Gasteiger partial charge in [0.1, 0.15) is 4.90 Å². The van der Waals surface area contributed by atoms with Crippen LogP contribution in [0.5, 0.6) is 0 Å². The Hall–Kier alpha value is -1.86. The summed E-state index contributed by atoms with van der Waals surface area (Å²) in [6.07, 6.45) is 3.25. The normalized spacial score (nSPS) is 12.6. The summed E-state index contributed by atoms with van der Waals surface area (Å²) in [5.74, 6) is -1.17. The molecule has 7 heteroatoms. The minimum atomic E-state index is -3.82. The largest absolute Gasteiger partial charge is 0.478 e. The Labute approximate surface area is 131 Å². The quantitative estimate of drug-likeness (QED) is 0.606. The highest BCUT2D eigenvalue weighted by atomic mass is 32.2. The molecule has 0 saturated carbocycles. The predicted octanol–water partition coefficient (Wildman–Crippen LogP) is 2.45. The van der Waals surface area contributed by atoms with Crippen molar-refractivity contribution >= 4 is 21.7 Å². The van der Waals surface area contributed by atoms with Crippen molar-refractivity contribution in [3.05, 3.63) is 36.4 Å². The molecule has 0 amide bonds. The minimum Gasteiger partial charge on any atom is -0.478 e. The first-order valence-corrected chi connectivity index (χ1v) is 8.54. The molecule has 0 radical (unpaired) electrons. The summed E-state index contributed by atoms with van der Waals surface area (Å²) in [7, 11) is -3.82. The lowest BCUT2D eigenvalue weighted by Gasteiger charge is -2.18. The number of carbonyl (C=O) groups is 1. The third-order valence-electron chi connectivity index (χ3n) is 3.06. The Morgan fingerprint density at radius 3 is 2.68 bits per heavy atom. The van der Waals surface area contributed by atoms with Gasteiger partial charge in [0.15, 0.2) is 0 Å². The molecule has 1 aromatic carbocycles. The lowest BCUT2D eigenvalue weighted by molar-refractivity contribution is 0.0696. The summed E-state index contributed by atoms with van der Waals surface area (Å²) in [6, 6.07) is 4.11. The summed E-state index contributed by atoms with van der Waals surface area (Å²) in [5.41, 5.74) is 0.315. The SMILES string of the molecule is C=CCNS(=O)(=O)c1cc(C(=O)O)ccc1N[C@H](C)CCC. The van der Waals surface area contributed by atoms with Gasteiger partial charge in [0, 0.05) is 12.6 Å². The van der Waals surface area contributed by atoms with Crippen molar-refractivity contribution in [2.24, 2.45) is 0 Å². The molecule has 0 heterocycles. The van der Waals surface area contributed by atoms with Gasteiger partial charge in [-0.1, -0.05) is 19.4 Å². The molecule has 0 spiro atoms. The van der Waals surface area contributed by atoms with E-state index in [1.165, 1.54) is 18.2 Å². The number of aromatic carboxylic acids is 1. The Morgan fingerprint density at radius 2 is 2.14 bits per heavy atom. The molecule has 1 aromatic rings. The van der Waals surface area contributed by atoms with Gasteiger partial charge in [-0.25, -0.2) is 17.9 Å². The van der Waals surface area contributed by atoms with Gasteiger partial charge in [0.2, 0.25) is 10.0 Å². The lowest BCUT2D eigenvalue weighted by Crippen LogP contribution is -2.26. The topological polar surface area (TPSA) is 95.5 Å². The molecule has 6 nitrogen and oxygen atoms in total. The number of rotatable bonds is 9. The summed E-state index contributed by atoms with van der Waals surface area (Å²) in [5, 5.41) is 12.2. The van der Waals surface area contributed by atoms with Crippen LogP contribution in [0.3, 0.4) is 0 Å². The highest BCUT2D eigenvalue weighted by molar-refractivity contribution is 7.89. The van der Waals surface area contributed by atoms with Gasteiger partial charge in [-0.05, 0) is 31.5 Å². The minimum absolute atomic E-state index is 0.0720. The van der Waals surface area contributed by atoms with Crippen LogP contribution in [0.4, 0.5) is 5.69 Å². The average molecular weight is 326 g/mol. The van der Waals surface area contributed by atoms with Crippen LogP contribution >= 0.6 is 0 Å². The molecule has 0 aliphatic rings. The molecular weight excluding hydrogens is 304 g/mol. The molecule has 0 bridgehead atoms. The van der Waals surface area contributed by atoms with Crippen LogP contribution in [0.1, 0.15) is 37.0 Å². The van der Waals surface area contributed by atoms with E-state index >= 15 is 0 Å². The van der Waals surface area contributed by atoms with E-state index in [9.17, 15) is 13.2 Å². The van der Waals surface area contributed by atoms with E-state index in [1.807, 2.05) is 13.8 Å². The number of anilines is 1. The van der Waals surface area contributed by atoms with Gasteiger partial charge in [-0.15, -0.1) is 6.58 Å². The second-order valence-corrected chi connectivity index (χ2v) is 6.73. The molecule has 0 unspecified atom stereocenters. The van der Waals surface area contributed by atoms with Crippen LogP contribution in [0.25, 0.3) is 0 Å². The van der Waals surface area contributed by atoms with Crippen LogP contribution in [0.15, 0.2) is 35.7 Å². The van der Waals surface area contributed by atoms with Gasteiger partial charge < -0.3 is 10.4 Å². The molecule has 0 aliphatic heterocycles. The zero-order valence-electron chi connectivity index (χ0n) is 12.8. The molecule has 0 saturated heterocycles. The van der Waals surface area contributed by atoms with E-state index in [2.05, 4.69) is 16.6 Å². The molecule has 0 aliphatic carbocycles. The number of nitrogens with one attached hydrogen (secondary N) is 2. The molecule has 122 valence electrons. The maximum Gasteiger partial charge on any atom is 0.335 e. The highest BCUT2D eigenvalue weighted by Gasteiger charge is 2.21. The number of carboxylic acid groups (broad SMARTS) is 1. The van der Waals surface area contributed by atoms with E-state index < -0.39 is 16.0 Å². The van der Waals surface area contributed by atoms with Gasteiger partial charge in [0.05, 0.1) is 11.3 Å². The van der Waals surface area contributed by atoms with E-state index in [1.54, 1.807) is 0 Å². The third-order valence-corrected chi connectivity index (χ3v) is 4.52. The Balaban J connectivity index is 3.26. The summed E-state index contributed by atoms with van der Waals surface area (Å²) < 4.78 is 27.0. The van der Waals surface area contributed by atoms with Crippen LogP contribution in [-0.2, 0) is 10.0 Å².